The summed E-state index contributed by atoms with van der Waals surface area (Å²) in [7, 11) is 0. The van der Waals surface area contributed by atoms with Crippen molar-refractivity contribution < 1.29 is 14.0 Å². The molecule has 0 spiro atoms. The van der Waals surface area contributed by atoms with Gasteiger partial charge in [-0.1, -0.05) is 12.1 Å². The van der Waals surface area contributed by atoms with Crippen LogP contribution in [0.5, 0.6) is 0 Å². The van der Waals surface area contributed by atoms with E-state index in [9.17, 15) is 14.0 Å². The lowest BCUT2D eigenvalue weighted by Gasteiger charge is -2.06. The molecule has 0 bridgehead atoms. The van der Waals surface area contributed by atoms with E-state index in [0.717, 1.165) is 0 Å². The fraction of sp³-hybridized carbons (Fsp3) is 0. The van der Waals surface area contributed by atoms with Crippen molar-refractivity contribution in [3.05, 3.63) is 89.4 Å². The zero-order chi connectivity index (χ0) is 20.2. The first-order valence-corrected chi connectivity index (χ1v) is 9.41. The van der Waals surface area contributed by atoms with Crippen LogP contribution < -0.4 is 10.6 Å². The Hall–Kier alpha value is -3.85. The Labute approximate surface area is 168 Å². The molecule has 4 aromatic rings. The Bertz CT molecular complexity index is 1160. The molecular formula is C20H14FN5O2S. The average molecular weight is 407 g/mol. The van der Waals surface area contributed by atoms with E-state index in [2.05, 4.69) is 20.7 Å². The van der Waals surface area contributed by atoms with E-state index in [1.165, 1.54) is 34.3 Å². The second-order valence-electron chi connectivity index (χ2n) is 5.92. The molecule has 0 saturated heterocycles. The highest BCUT2D eigenvalue weighted by molar-refractivity contribution is 7.13. The molecule has 4 rings (SSSR count). The highest BCUT2D eigenvalue weighted by atomic mass is 32.1. The van der Waals surface area contributed by atoms with Gasteiger partial charge in [-0.2, -0.15) is 5.10 Å². The highest BCUT2D eigenvalue weighted by Crippen LogP contribution is 2.16. The van der Waals surface area contributed by atoms with Crippen molar-refractivity contribution in [2.24, 2.45) is 0 Å². The van der Waals surface area contributed by atoms with Gasteiger partial charge in [0.25, 0.3) is 11.8 Å². The molecule has 0 aliphatic rings. The van der Waals surface area contributed by atoms with Gasteiger partial charge < -0.3 is 5.32 Å². The van der Waals surface area contributed by atoms with Crippen LogP contribution in [-0.2, 0) is 0 Å². The molecule has 0 unspecified atom stereocenters. The Balaban J connectivity index is 1.42. The molecular weight excluding hydrogens is 393 g/mol. The van der Waals surface area contributed by atoms with E-state index >= 15 is 0 Å². The topological polar surface area (TPSA) is 88.9 Å². The van der Waals surface area contributed by atoms with Gasteiger partial charge in [0, 0.05) is 29.0 Å². The summed E-state index contributed by atoms with van der Waals surface area (Å²) < 4.78 is 15.2. The molecule has 0 saturated carbocycles. The zero-order valence-corrected chi connectivity index (χ0v) is 15.7. The lowest BCUT2D eigenvalue weighted by atomic mass is 10.2. The summed E-state index contributed by atoms with van der Waals surface area (Å²) in [4.78, 5) is 28.6. The number of aromatic nitrogens is 3. The largest absolute Gasteiger partial charge is 0.321 e. The minimum absolute atomic E-state index is 0.138. The zero-order valence-electron chi connectivity index (χ0n) is 14.9. The van der Waals surface area contributed by atoms with Gasteiger partial charge in [-0.25, -0.2) is 14.1 Å². The van der Waals surface area contributed by atoms with Gasteiger partial charge in [0.05, 0.1) is 0 Å². The first-order chi connectivity index (χ1) is 14.1. The molecule has 9 heteroatoms. The summed E-state index contributed by atoms with van der Waals surface area (Å²) in [6.07, 6.45) is 3.12. The van der Waals surface area contributed by atoms with Crippen LogP contribution in [0, 0.1) is 5.82 Å². The third kappa shape index (κ3) is 4.19. The Kier molecular flexibility index (Phi) is 5.12. The summed E-state index contributed by atoms with van der Waals surface area (Å²) in [5.74, 6) is -1.17. The second kappa shape index (κ2) is 8.03. The number of carbonyl (C=O) groups excluding carboxylic acids is 2. The van der Waals surface area contributed by atoms with E-state index < -0.39 is 11.7 Å². The van der Waals surface area contributed by atoms with Crippen LogP contribution in [0.25, 0.3) is 5.69 Å². The number of hydrogen-bond acceptors (Lipinski definition) is 5. The Morgan fingerprint density at radius 2 is 1.76 bits per heavy atom. The van der Waals surface area contributed by atoms with E-state index in [-0.39, 0.29) is 17.3 Å². The number of halogens is 1. The van der Waals surface area contributed by atoms with E-state index in [0.29, 0.717) is 16.4 Å². The minimum Gasteiger partial charge on any atom is -0.321 e. The summed E-state index contributed by atoms with van der Waals surface area (Å²) in [5, 5.41) is 11.8. The van der Waals surface area contributed by atoms with Crippen LogP contribution in [0.4, 0.5) is 15.2 Å². The maximum absolute atomic E-state index is 13.9. The highest BCUT2D eigenvalue weighted by Gasteiger charge is 2.13. The molecule has 144 valence electrons. The van der Waals surface area contributed by atoms with Crippen LogP contribution in [0.2, 0.25) is 0 Å². The number of hydrogen-bond donors (Lipinski definition) is 2. The van der Waals surface area contributed by atoms with Crippen molar-refractivity contribution in [1.29, 1.82) is 0 Å². The molecule has 0 radical (unpaired) electrons. The van der Waals surface area contributed by atoms with Gasteiger partial charge in [-0.3, -0.25) is 14.9 Å². The third-order valence-electron chi connectivity index (χ3n) is 3.98. The smallest absolute Gasteiger partial charge is 0.276 e. The summed E-state index contributed by atoms with van der Waals surface area (Å²) in [6.45, 7) is 0. The molecule has 2 aromatic heterocycles. The summed E-state index contributed by atoms with van der Waals surface area (Å²) in [5.41, 5.74) is 1.32. The van der Waals surface area contributed by atoms with Gasteiger partial charge in [0.2, 0.25) is 0 Å². The summed E-state index contributed by atoms with van der Waals surface area (Å²) >= 11 is 1.32. The monoisotopic (exact) mass is 407 g/mol. The van der Waals surface area contributed by atoms with Gasteiger partial charge in [-0.15, -0.1) is 11.3 Å². The molecule has 0 aliphatic carbocycles. The van der Waals surface area contributed by atoms with Crippen LogP contribution >= 0.6 is 11.3 Å². The maximum Gasteiger partial charge on any atom is 0.276 e. The number of rotatable bonds is 5. The standard InChI is InChI=1S/C20H14FN5O2S/c21-15-3-1-2-4-17(15)26-11-9-16(25-26)19(28)23-14-7-5-13(6-8-14)18(27)24-20-22-10-12-29-20/h1-12H,(H,23,28)(H,22,24,27). The van der Waals surface area contributed by atoms with E-state index in [1.54, 1.807) is 54.0 Å². The third-order valence-corrected chi connectivity index (χ3v) is 4.67. The number of para-hydroxylation sites is 1. The fourth-order valence-corrected chi connectivity index (χ4v) is 3.10. The number of carbonyl (C=O) groups is 2. The lowest BCUT2D eigenvalue weighted by molar-refractivity contribution is 0.101. The Morgan fingerprint density at radius 3 is 2.48 bits per heavy atom. The predicted molar refractivity (Wildman–Crippen MR) is 108 cm³/mol. The van der Waals surface area contributed by atoms with Crippen LogP contribution in [0.1, 0.15) is 20.8 Å². The van der Waals surface area contributed by atoms with Crippen LogP contribution in [0.15, 0.2) is 72.4 Å². The Morgan fingerprint density at radius 1 is 0.966 bits per heavy atom. The second-order valence-corrected chi connectivity index (χ2v) is 6.81. The molecule has 2 N–H and O–H groups in total. The minimum atomic E-state index is -0.444. The first-order valence-electron chi connectivity index (χ1n) is 8.53. The molecule has 2 amide bonds. The van der Waals surface area contributed by atoms with Gasteiger partial charge >= 0.3 is 0 Å². The number of nitrogens with zero attached hydrogens (tertiary/aromatic N) is 3. The molecule has 2 aromatic carbocycles. The van der Waals surface area contributed by atoms with Crippen molar-refractivity contribution in [2.75, 3.05) is 10.6 Å². The van der Waals surface area contributed by atoms with Gasteiger partial charge in [0.1, 0.15) is 11.5 Å². The number of nitrogens with one attached hydrogen (secondary N) is 2. The van der Waals surface area contributed by atoms with Crippen LogP contribution in [-0.4, -0.2) is 26.6 Å². The predicted octanol–water partition coefficient (Wildman–Crippen LogP) is 3.97. The van der Waals surface area contributed by atoms with E-state index in [4.69, 9.17) is 0 Å². The fourth-order valence-electron chi connectivity index (χ4n) is 2.57. The number of amides is 2. The van der Waals surface area contributed by atoms with Gasteiger partial charge in [0.15, 0.2) is 10.8 Å². The van der Waals surface area contributed by atoms with E-state index in [1.807, 2.05) is 0 Å². The molecule has 7 nitrogen and oxygen atoms in total. The normalized spacial score (nSPS) is 10.5. The van der Waals surface area contributed by atoms with Crippen LogP contribution in [0.3, 0.4) is 0 Å². The molecule has 0 aliphatic heterocycles. The SMILES string of the molecule is O=C(Nc1nccs1)c1ccc(NC(=O)c2ccn(-c3ccccc3F)n2)cc1. The summed E-state index contributed by atoms with van der Waals surface area (Å²) in [6, 6.07) is 14.1. The average Bonchev–Trinajstić information content (AvgIpc) is 3.41. The van der Waals surface area contributed by atoms with Crippen molar-refractivity contribution >= 4 is 34.0 Å². The number of benzene rings is 2. The molecule has 2 heterocycles. The first kappa shape index (κ1) is 18.5. The maximum atomic E-state index is 13.9. The van der Waals surface area contributed by atoms with Crippen molar-refractivity contribution in [3.8, 4) is 5.69 Å². The number of thiazole rings is 1. The van der Waals surface area contributed by atoms with Crippen molar-refractivity contribution in [1.82, 2.24) is 14.8 Å². The van der Waals surface area contributed by atoms with Crippen molar-refractivity contribution in [2.45, 2.75) is 0 Å². The molecule has 0 fully saturated rings. The van der Waals surface area contributed by atoms with Gasteiger partial charge in [-0.05, 0) is 42.5 Å². The molecule has 0 atom stereocenters. The lowest BCUT2D eigenvalue weighted by Crippen LogP contribution is -2.14. The molecule has 29 heavy (non-hydrogen) atoms. The quantitative estimate of drug-likeness (QED) is 0.524. The van der Waals surface area contributed by atoms with Crippen molar-refractivity contribution in [3.63, 3.8) is 0 Å². The number of anilines is 2.